The average Bonchev–Trinajstić information content (AvgIpc) is 2.53. The first kappa shape index (κ1) is 17.3. The van der Waals surface area contributed by atoms with Gasteiger partial charge in [-0.1, -0.05) is 12.1 Å². The predicted octanol–water partition coefficient (Wildman–Crippen LogP) is 3.19. The van der Waals surface area contributed by atoms with Crippen molar-refractivity contribution >= 4 is 21.8 Å². The Hall–Kier alpha value is -1.07. The molecular formula is C17H25BrN2O2. The van der Waals surface area contributed by atoms with Crippen molar-refractivity contribution in [3.63, 3.8) is 0 Å². The summed E-state index contributed by atoms with van der Waals surface area (Å²) in [6.45, 7) is 4.26. The minimum atomic E-state index is 0.161. The summed E-state index contributed by atoms with van der Waals surface area (Å²) in [5.41, 5.74) is 5.97. The number of ether oxygens (including phenoxy) is 1. The van der Waals surface area contributed by atoms with E-state index in [0.717, 1.165) is 42.6 Å². The van der Waals surface area contributed by atoms with Gasteiger partial charge in [-0.05, 0) is 60.2 Å². The maximum absolute atomic E-state index is 12.3. The van der Waals surface area contributed by atoms with Crippen LogP contribution in [0.1, 0.15) is 32.6 Å². The Bertz CT molecular complexity index is 493. The van der Waals surface area contributed by atoms with E-state index in [0.29, 0.717) is 18.9 Å². The first-order chi connectivity index (χ1) is 10.6. The first-order valence-electron chi connectivity index (χ1n) is 7.98. The zero-order valence-corrected chi connectivity index (χ0v) is 14.7. The summed E-state index contributed by atoms with van der Waals surface area (Å²) < 4.78 is 6.64. The largest absolute Gasteiger partial charge is 0.492 e. The third-order valence-corrected chi connectivity index (χ3v) is 4.84. The molecule has 1 aliphatic heterocycles. The summed E-state index contributed by atoms with van der Waals surface area (Å²) in [6, 6.07) is 7.92. The maximum atomic E-state index is 12.3. The molecule has 0 bridgehead atoms. The van der Waals surface area contributed by atoms with E-state index in [1.54, 1.807) is 0 Å². The number of benzene rings is 1. The van der Waals surface area contributed by atoms with Crippen LogP contribution >= 0.6 is 15.9 Å². The van der Waals surface area contributed by atoms with Gasteiger partial charge in [-0.15, -0.1) is 0 Å². The van der Waals surface area contributed by atoms with Gasteiger partial charge in [0.1, 0.15) is 5.75 Å². The van der Waals surface area contributed by atoms with E-state index in [-0.39, 0.29) is 11.9 Å². The van der Waals surface area contributed by atoms with E-state index < -0.39 is 0 Å². The monoisotopic (exact) mass is 368 g/mol. The molecule has 1 saturated heterocycles. The summed E-state index contributed by atoms with van der Waals surface area (Å²) >= 11 is 3.45. The van der Waals surface area contributed by atoms with Crippen LogP contribution in [0.25, 0.3) is 0 Å². The molecule has 4 nitrogen and oxygen atoms in total. The fraction of sp³-hybridized carbons (Fsp3) is 0.588. The molecular weight excluding hydrogens is 344 g/mol. The minimum Gasteiger partial charge on any atom is -0.492 e. The van der Waals surface area contributed by atoms with Crippen LogP contribution in [0.3, 0.4) is 0 Å². The Morgan fingerprint density at radius 2 is 2.27 bits per heavy atom. The van der Waals surface area contributed by atoms with E-state index in [9.17, 15) is 4.79 Å². The standard InChI is InChI=1S/C17H25BrN2O2/c1-13(19)14-6-4-10-20(12-14)17(21)9-5-11-22-16-8-3-2-7-15(16)18/h2-3,7-8,13-14H,4-6,9-12,19H2,1H3. The first-order valence-corrected chi connectivity index (χ1v) is 8.78. The number of likely N-dealkylation sites (tertiary alicyclic amines) is 1. The number of halogens is 1. The lowest BCUT2D eigenvalue weighted by Crippen LogP contribution is -2.45. The van der Waals surface area contributed by atoms with Crippen LogP contribution in [0.15, 0.2) is 28.7 Å². The number of nitrogens with zero attached hydrogens (tertiary/aromatic N) is 1. The number of amides is 1. The highest BCUT2D eigenvalue weighted by Gasteiger charge is 2.25. The van der Waals surface area contributed by atoms with Crippen molar-refractivity contribution in [1.29, 1.82) is 0 Å². The van der Waals surface area contributed by atoms with Gasteiger partial charge < -0.3 is 15.4 Å². The molecule has 5 heteroatoms. The summed E-state index contributed by atoms with van der Waals surface area (Å²) in [5, 5.41) is 0. The molecule has 0 spiro atoms. The zero-order valence-electron chi connectivity index (χ0n) is 13.1. The third kappa shape index (κ3) is 4.99. The molecule has 0 saturated carbocycles. The Kier molecular flexibility index (Phi) is 6.70. The second kappa shape index (κ2) is 8.53. The predicted molar refractivity (Wildman–Crippen MR) is 91.8 cm³/mol. The van der Waals surface area contributed by atoms with Gasteiger partial charge in [0, 0.05) is 25.6 Å². The quantitative estimate of drug-likeness (QED) is 0.784. The van der Waals surface area contributed by atoms with Gasteiger partial charge in [0.2, 0.25) is 5.91 Å². The highest BCUT2D eigenvalue weighted by Crippen LogP contribution is 2.24. The Morgan fingerprint density at radius 1 is 1.50 bits per heavy atom. The number of para-hydroxylation sites is 1. The highest BCUT2D eigenvalue weighted by molar-refractivity contribution is 9.10. The van der Waals surface area contributed by atoms with E-state index in [4.69, 9.17) is 10.5 Å². The maximum Gasteiger partial charge on any atom is 0.222 e. The smallest absolute Gasteiger partial charge is 0.222 e. The van der Waals surface area contributed by atoms with Crippen LogP contribution in [0, 0.1) is 5.92 Å². The molecule has 122 valence electrons. The van der Waals surface area contributed by atoms with E-state index in [1.807, 2.05) is 36.1 Å². The fourth-order valence-corrected chi connectivity index (χ4v) is 3.19. The molecule has 0 radical (unpaired) electrons. The summed E-state index contributed by atoms with van der Waals surface area (Å²) in [4.78, 5) is 14.2. The van der Waals surface area contributed by atoms with Crippen molar-refractivity contribution in [2.45, 2.75) is 38.6 Å². The molecule has 2 N–H and O–H groups in total. The second-order valence-corrected chi connectivity index (χ2v) is 6.84. The zero-order chi connectivity index (χ0) is 15.9. The lowest BCUT2D eigenvalue weighted by molar-refractivity contribution is -0.133. The van der Waals surface area contributed by atoms with Crippen LogP contribution in [0.4, 0.5) is 0 Å². The number of carbonyl (C=O) groups excluding carboxylic acids is 1. The molecule has 22 heavy (non-hydrogen) atoms. The fourth-order valence-electron chi connectivity index (χ4n) is 2.79. The van der Waals surface area contributed by atoms with Crippen LogP contribution in [-0.2, 0) is 4.79 Å². The number of hydrogen-bond acceptors (Lipinski definition) is 3. The SMILES string of the molecule is CC(N)C1CCCN(C(=O)CCCOc2ccccc2Br)C1. The lowest BCUT2D eigenvalue weighted by Gasteiger charge is -2.34. The molecule has 1 amide bonds. The van der Waals surface area contributed by atoms with Gasteiger partial charge in [-0.3, -0.25) is 4.79 Å². The minimum absolute atomic E-state index is 0.161. The molecule has 0 aromatic heterocycles. The Morgan fingerprint density at radius 3 is 3.00 bits per heavy atom. The molecule has 1 heterocycles. The van der Waals surface area contributed by atoms with Crippen molar-refractivity contribution in [3.05, 3.63) is 28.7 Å². The van der Waals surface area contributed by atoms with Gasteiger partial charge in [0.25, 0.3) is 0 Å². The summed E-state index contributed by atoms with van der Waals surface area (Å²) in [7, 11) is 0. The average molecular weight is 369 g/mol. The molecule has 0 aliphatic carbocycles. The Balaban J connectivity index is 1.70. The second-order valence-electron chi connectivity index (χ2n) is 5.98. The number of nitrogens with two attached hydrogens (primary N) is 1. The van der Waals surface area contributed by atoms with Crippen molar-refractivity contribution in [3.8, 4) is 5.75 Å². The van der Waals surface area contributed by atoms with Crippen LogP contribution in [-0.4, -0.2) is 36.5 Å². The van der Waals surface area contributed by atoms with Crippen molar-refractivity contribution in [2.24, 2.45) is 11.7 Å². The van der Waals surface area contributed by atoms with E-state index in [2.05, 4.69) is 15.9 Å². The molecule has 1 fully saturated rings. The Labute approximate surface area is 141 Å². The van der Waals surface area contributed by atoms with Gasteiger partial charge in [0.15, 0.2) is 0 Å². The van der Waals surface area contributed by atoms with Crippen molar-refractivity contribution < 1.29 is 9.53 Å². The molecule has 2 rings (SSSR count). The molecule has 1 aromatic rings. The molecule has 2 unspecified atom stereocenters. The lowest BCUT2D eigenvalue weighted by atomic mass is 9.92. The number of piperidine rings is 1. The normalized spacial score (nSPS) is 19.8. The van der Waals surface area contributed by atoms with Crippen LogP contribution < -0.4 is 10.5 Å². The van der Waals surface area contributed by atoms with Crippen molar-refractivity contribution in [1.82, 2.24) is 4.90 Å². The third-order valence-electron chi connectivity index (χ3n) is 4.18. The molecule has 2 atom stereocenters. The number of hydrogen-bond donors (Lipinski definition) is 1. The topological polar surface area (TPSA) is 55.6 Å². The van der Waals surface area contributed by atoms with Gasteiger partial charge in [-0.25, -0.2) is 0 Å². The van der Waals surface area contributed by atoms with Gasteiger partial charge in [-0.2, -0.15) is 0 Å². The van der Waals surface area contributed by atoms with Gasteiger partial charge >= 0.3 is 0 Å². The van der Waals surface area contributed by atoms with E-state index >= 15 is 0 Å². The van der Waals surface area contributed by atoms with Crippen molar-refractivity contribution in [2.75, 3.05) is 19.7 Å². The summed E-state index contributed by atoms with van der Waals surface area (Å²) in [6.07, 6.45) is 3.47. The molecule has 1 aliphatic rings. The van der Waals surface area contributed by atoms with Crippen LogP contribution in [0.2, 0.25) is 0 Å². The van der Waals surface area contributed by atoms with Crippen LogP contribution in [0.5, 0.6) is 5.75 Å². The highest BCUT2D eigenvalue weighted by atomic mass is 79.9. The van der Waals surface area contributed by atoms with E-state index in [1.165, 1.54) is 0 Å². The number of rotatable bonds is 6. The number of carbonyl (C=O) groups is 1. The summed E-state index contributed by atoms with van der Waals surface area (Å²) in [5.74, 6) is 1.49. The van der Waals surface area contributed by atoms with Gasteiger partial charge in [0.05, 0.1) is 11.1 Å². The molecule has 1 aromatic carbocycles.